The lowest BCUT2D eigenvalue weighted by molar-refractivity contribution is 0.203. The molecule has 1 aromatic rings. The Labute approximate surface area is 123 Å². The summed E-state index contributed by atoms with van der Waals surface area (Å²) < 4.78 is 0. The third-order valence-electron chi connectivity index (χ3n) is 3.39. The zero-order chi connectivity index (χ0) is 14.4. The SMILES string of the molecule is CN(Cc1cc(C#CCO)cs1)C(=O)NC1CCCC1. The number of hydrogen-bond donors (Lipinski definition) is 2. The minimum Gasteiger partial charge on any atom is -0.384 e. The van der Waals surface area contributed by atoms with E-state index in [9.17, 15) is 4.79 Å². The van der Waals surface area contributed by atoms with Gasteiger partial charge in [-0.05, 0) is 18.9 Å². The first-order valence-corrected chi connectivity index (χ1v) is 7.76. The van der Waals surface area contributed by atoms with E-state index < -0.39 is 0 Å². The van der Waals surface area contributed by atoms with Crippen molar-refractivity contribution in [2.75, 3.05) is 13.7 Å². The third-order valence-corrected chi connectivity index (χ3v) is 4.31. The Bertz CT molecular complexity index is 509. The number of nitrogens with zero attached hydrogens (tertiary/aromatic N) is 1. The molecule has 0 unspecified atom stereocenters. The lowest BCUT2D eigenvalue weighted by Crippen LogP contribution is -2.41. The van der Waals surface area contributed by atoms with Gasteiger partial charge in [0.15, 0.2) is 0 Å². The maximum Gasteiger partial charge on any atom is 0.317 e. The number of thiophene rings is 1. The van der Waals surface area contributed by atoms with Gasteiger partial charge in [-0.1, -0.05) is 24.7 Å². The first kappa shape index (κ1) is 14.9. The molecule has 1 fully saturated rings. The summed E-state index contributed by atoms with van der Waals surface area (Å²) >= 11 is 1.58. The number of carbonyl (C=O) groups excluding carboxylic acids is 1. The summed E-state index contributed by atoms with van der Waals surface area (Å²) in [7, 11) is 1.81. The molecular formula is C15H20N2O2S. The first-order valence-electron chi connectivity index (χ1n) is 6.88. The van der Waals surface area contributed by atoms with Crippen LogP contribution in [0.1, 0.15) is 36.1 Å². The number of carbonyl (C=O) groups is 1. The van der Waals surface area contributed by atoms with E-state index in [1.54, 1.807) is 16.2 Å². The van der Waals surface area contributed by atoms with E-state index in [2.05, 4.69) is 17.2 Å². The number of amides is 2. The molecule has 1 aliphatic rings. The second-order valence-electron chi connectivity index (χ2n) is 5.05. The summed E-state index contributed by atoms with van der Waals surface area (Å²) in [6, 6.07) is 2.31. The Balaban J connectivity index is 1.85. The molecule has 108 valence electrons. The lowest BCUT2D eigenvalue weighted by atomic mass is 10.2. The van der Waals surface area contributed by atoms with Gasteiger partial charge >= 0.3 is 6.03 Å². The molecule has 1 aliphatic carbocycles. The molecule has 2 amide bonds. The average Bonchev–Trinajstić information content (AvgIpc) is 3.08. The van der Waals surface area contributed by atoms with Crippen molar-refractivity contribution >= 4 is 17.4 Å². The summed E-state index contributed by atoms with van der Waals surface area (Å²) in [6.07, 6.45) is 4.62. The number of hydrogen-bond acceptors (Lipinski definition) is 3. The van der Waals surface area contributed by atoms with Crippen LogP contribution in [0, 0.1) is 11.8 Å². The summed E-state index contributed by atoms with van der Waals surface area (Å²) in [5.41, 5.74) is 0.892. The predicted octanol–water partition coefficient (Wildman–Crippen LogP) is 2.18. The fraction of sp³-hybridized carbons (Fsp3) is 0.533. The molecule has 4 nitrogen and oxygen atoms in total. The van der Waals surface area contributed by atoms with E-state index in [4.69, 9.17) is 5.11 Å². The Kier molecular flexibility index (Phi) is 5.45. The molecule has 0 atom stereocenters. The Morgan fingerprint density at radius 3 is 3.00 bits per heavy atom. The molecule has 0 aromatic carbocycles. The molecule has 0 aliphatic heterocycles. The van der Waals surface area contributed by atoms with Gasteiger partial charge in [0, 0.05) is 28.9 Å². The molecule has 1 aromatic heterocycles. The topological polar surface area (TPSA) is 52.6 Å². The Hall–Kier alpha value is -1.51. The zero-order valence-electron chi connectivity index (χ0n) is 11.7. The minimum absolute atomic E-state index is 0.00621. The van der Waals surface area contributed by atoms with Crippen LogP contribution in [0.4, 0.5) is 4.79 Å². The number of aliphatic hydroxyl groups excluding tert-OH is 1. The van der Waals surface area contributed by atoms with Crippen LogP contribution in [-0.2, 0) is 6.54 Å². The molecule has 5 heteroatoms. The molecular weight excluding hydrogens is 272 g/mol. The summed E-state index contributed by atoms with van der Waals surface area (Å²) in [4.78, 5) is 14.8. The van der Waals surface area contributed by atoms with Gasteiger partial charge < -0.3 is 15.3 Å². The maximum atomic E-state index is 12.0. The molecule has 1 heterocycles. The van der Waals surface area contributed by atoms with Gasteiger partial charge in [0.25, 0.3) is 0 Å². The largest absolute Gasteiger partial charge is 0.384 e. The van der Waals surface area contributed by atoms with Crippen LogP contribution in [0.5, 0.6) is 0 Å². The van der Waals surface area contributed by atoms with Crippen molar-refractivity contribution in [3.8, 4) is 11.8 Å². The van der Waals surface area contributed by atoms with Gasteiger partial charge in [-0.15, -0.1) is 11.3 Å². The summed E-state index contributed by atoms with van der Waals surface area (Å²) in [6.45, 7) is 0.457. The van der Waals surface area contributed by atoms with E-state index in [0.29, 0.717) is 12.6 Å². The second kappa shape index (κ2) is 7.32. The number of rotatable bonds is 3. The fourth-order valence-corrected chi connectivity index (χ4v) is 3.20. The van der Waals surface area contributed by atoms with E-state index >= 15 is 0 Å². The van der Waals surface area contributed by atoms with Crippen LogP contribution in [0.25, 0.3) is 0 Å². The molecule has 0 bridgehead atoms. The third kappa shape index (κ3) is 4.26. The predicted molar refractivity (Wildman–Crippen MR) is 80.5 cm³/mol. The monoisotopic (exact) mass is 292 g/mol. The first-order chi connectivity index (χ1) is 9.69. The normalized spacial score (nSPS) is 14.7. The van der Waals surface area contributed by atoms with E-state index in [1.165, 1.54) is 12.8 Å². The van der Waals surface area contributed by atoms with Crippen molar-refractivity contribution < 1.29 is 9.90 Å². The van der Waals surface area contributed by atoms with E-state index in [1.807, 2.05) is 18.5 Å². The Morgan fingerprint density at radius 2 is 2.30 bits per heavy atom. The maximum absolute atomic E-state index is 12.0. The van der Waals surface area contributed by atoms with Crippen LogP contribution < -0.4 is 5.32 Å². The van der Waals surface area contributed by atoms with Crippen molar-refractivity contribution in [2.24, 2.45) is 0 Å². The van der Waals surface area contributed by atoms with Crippen molar-refractivity contribution in [1.82, 2.24) is 10.2 Å². The van der Waals surface area contributed by atoms with E-state index in [0.717, 1.165) is 23.3 Å². The number of nitrogens with one attached hydrogen (secondary N) is 1. The van der Waals surface area contributed by atoms with Crippen molar-refractivity contribution in [3.63, 3.8) is 0 Å². The smallest absolute Gasteiger partial charge is 0.317 e. The van der Waals surface area contributed by atoms with Crippen LogP contribution in [0.15, 0.2) is 11.4 Å². The fourth-order valence-electron chi connectivity index (χ4n) is 2.33. The van der Waals surface area contributed by atoms with E-state index in [-0.39, 0.29) is 12.6 Å². The highest BCUT2D eigenvalue weighted by Crippen LogP contribution is 2.19. The molecule has 1 saturated carbocycles. The van der Waals surface area contributed by atoms with Gasteiger partial charge in [0.2, 0.25) is 0 Å². The molecule has 2 N–H and O–H groups in total. The summed E-state index contributed by atoms with van der Waals surface area (Å²) in [5.74, 6) is 5.49. The average molecular weight is 292 g/mol. The molecule has 0 radical (unpaired) electrons. The lowest BCUT2D eigenvalue weighted by Gasteiger charge is -2.20. The molecule has 0 saturated heterocycles. The van der Waals surface area contributed by atoms with Crippen molar-refractivity contribution in [1.29, 1.82) is 0 Å². The van der Waals surface area contributed by atoms with Gasteiger partial charge in [0.05, 0.1) is 6.54 Å². The van der Waals surface area contributed by atoms with Gasteiger partial charge in [-0.25, -0.2) is 4.79 Å². The van der Waals surface area contributed by atoms with Gasteiger partial charge in [-0.3, -0.25) is 0 Å². The second-order valence-corrected chi connectivity index (χ2v) is 6.04. The van der Waals surface area contributed by atoms with Gasteiger partial charge in [-0.2, -0.15) is 0 Å². The van der Waals surface area contributed by atoms with Crippen LogP contribution in [0.3, 0.4) is 0 Å². The van der Waals surface area contributed by atoms with Gasteiger partial charge in [0.1, 0.15) is 6.61 Å². The highest BCUT2D eigenvalue weighted by molar-refractivity contribution is 7.10. The standard InChI is InChI=1S/C15H20N2O2S/c1-17(15(19)16-13-6-2-3-7-13)10-14-9-12(11-20-14)5-4-8-18/h9,11,13,18H,2-3,6-8,10H2,1H3,(H,16,19). The van der Waals surface area contributed by atoms with Crippen LogP contribution >= 0.6 is 11.3 Å². The number of aliphatic hydroxyl groups is 1. The molecule has 2 rings (SSSR count). The van der Waals surface area contributed by atoms with Crippen molar-refractivity contribution in [2.45, 2.75) is 38.3 Å². The molecule has 0 spiro atoms. The van der Waals surface area contributed by atoms with Crippen molar-refractivity contribution in [3.05, 3.63) is 21.9 Å². The van der Waals surface area contributed by atoms with Crippen LogP contribution in [0.2, 0.25) is 0 Å². The Morgan fingerprint density at radius 1 is 1.55 bits per heavy atom. The quantitative estimate of drug-likeness (QED) is 0.839. The number of urea groups is 1. The minimum atomic E-state index is -0.130. The summed E-state index contributed by atoms with van der Waals surface area (Å²) in [5, 5.41) is 13.7. The zero-order valence-corrected chi connectivity index (χ0v) is 12.5. The molecule has 20 heavy (non-hydrogen) atoms. The highest BCUT2D eigenvalue weighted by Gasteiger charge is 2.19. The van der Waals surface area contributed by atoms with Crippen LogP contribution in [-0.4, -0.2) is 35.7 Å². The highest BCUT2D eigenvalue weighted by atomic mass is 32.1.